The topological polar surface area (TPSA) is 72.9 Å². The van der Waals surface area contributed by atoms with Crippen molar-refractivity contribution in [2.24, 2.45) is 11.8 Å². The van der Waals surface area contributed by atoms with Gasteiger partial charge in [0.1, 0.15) is 0 Å². The van der Waals surface area contributed by atoms with Gasteiger partial charge in [0.25, 0.3) is 0 Å². The van der Waals surface area contributed by atoms with Crippen LogP contribution < -0.4 is 0 Å². The molecule has 0 saturated carbocycles. The Morgan fingerprint density at radius 2 is 2.00 bits per heavy atom. The highest BCUT2D eigenvalue weighted by molar-refractivity contribution is 7.99. The molecule has 1 fully saturated rings. The van der Waals surface area contributed by atoms with Gasteiger partial charge in [-0.25, -0.2) is 17.5 Å². The lowest BCUT2D eigenvalue weighted by Crippen LogP contribution is -2.30. The summed E-state index contributed by atoms with van der Waals surface area (Å²) in [6.07, 6.45) is 2.01. The van der Waals surface area contributed by atoms with Gasteiger partial charge in [-0.1, -0.05) is 13.8 Å². The van der Waals surface area contributed by atoms with Crippen LogP contribution in [-0.4, -0.2) is 58.4 Å². The standard InChI is InChI=1S/C19H29NO5S2/c1-14(2)12-20(3)27(22,23)16-5-6-18(17(11-16)19(21)24-4)26-13-15-7-9-25-10-8-15/h5-6,11,14-15H,7-10,12-13H2,1-4H3. The Labute approximate surface area is 166 Å². The Morgan fingerprint density at radius 3 is 2.59 bits per heavy atom. The van der Waals surface area contributed by atoms with E-state index in [2.05, 4.69) is 0 Å². The van der Waals surface area contributed by atoms with Crippen LogP contribution in [0.15, 0.2) is 28.0 Å². The predicted octanol–water partition coefficient (Wildman–Crippen LogP) is 3.27. The molecule has 0 bridgehead atoms. The largest absolute Gasteiger partial charge is 0.465 e. The summed E-state index contributed by atoms with van der Waals surface area (Å²) >= 11 is 1.57. The molecule has 1 aromatic carbocycles. The number of hydrogen-bond donors (Lipinski definition) is 0. The molecule has 0 unspecified atom stereocenters. The lowest BCUT2D eigenvalue weighted by Gasteiger charge is -2.22. The third-order valence-corrected chi connectivity index (χ3v) is 7.63. The normalized spacial score (nSPS) is 16.1. The Bertz CT molecular complexity index is 742. The maximum absolute atomic E-state index is 12.8. The molecule has 0 spiro atoms. The quantitative estimate of drug-likeness (QED) is 0.479. The summed E-state index contributed by atoms with van der Waals surface area (Å²) < 4.78 is 37.2. The number of carbonyl (C=O) groups excluding carboxylic acids is 1. The lowest BCUT2D eigenvalue weighted by molar-refractivity contribution is 0.0596. The molecule has 2 rings (SSSR count). The van der Waals surface area contributed by atoms with Crippen LogP contribution in [0, 0.1) is 11.8 Å². The molecule has 8 heteroatoms. The Kier molecular flexibility index (Phi) is 8.15. The minimum atomic E-state index is -3.65. The van der Waals surface area contributed by atoms with Gasteiger partial charge in [0.15, 0.2) is 0 Å². The number of ether oxygens (including phenoxy) is 2. The van der Waals surface area contributed by atoms with Crippen LogP contribution >= 0.6 is 11.8 Å². The van der Waals surface area contributed by atoms with Gasteiger partial charge in [-0.3, -0.25) is 0 Å². The SMILES string of the molecule is COC(=O)c1cc(S(=O)(=O)N(C)CC(C)C)ccc1SCC1CCOCC1. The molecule has 1 aliphatic heterocycles. The van der Waals surface area contributed by atoms with Crippen LogP contribution in [0.1, 0.15) is 37.0 Å². The first-order valence-electron chi connectivity index (χ1n) is 9.15. The van der Waals surface area contributed by atoms with Gasteiger partial charge in [-0.15, -0.1) is 11.8 Å². The highest BCUT2D eigenvalue weighted by Gasteiger charge is 2.25. The van der Waals surface area contributed by atoms with Gasteiger partial charge in [0.05, 0.1) is 17.6 Å². The highest BCUT2D eigenvalue weighted by atomic mass is 32.2. The van der Waals surface area contributed by atoms with Crippen LogP contribution in [0.4, 0.5) is 0 Å². The van der Waals surface area contributed by atoms with Crippen molar-refractivity contribution in [3.05, 3.63) is 23.8 Å². The Morgan fingerprint density at radius 1 is 1.33 bits per heavy atom. The molecule has 27 heavy (non-hydrogen) atoms. The van der Waals surface area contributed by atoms with Crippen molar-refractivity contribution in [1.82, 2.24) is 4.31 Å². The van der Waals surface area contributed by atoms with Gasteiger partial charge < -0.3 is 9.47 Å². The molecule has 0 amide bonds. The summed E-state index contributed by atoms with van der Waals surface area (Å²) in [4.78, 5) is 13.1. The van der Waals surface area contributed by atoms with Crippen LogP contribution in [0.2, 0.25) is 0 Å². The van der Waals surface area contributed by atoms with E-state index < -0.39 is 16.0 Å². The number of rotatable bonds is 8. The van der Waals surface area contributed by atoms with Crippen LogP contribution in [0.25, 0.3) is 0 Å². The number of esters is 1. The van der Waals surface area contributed by atoms with Crippen molar-refractivity contribution in [3.63, 3.8) is 0 Å². The molecule has 0 radical (unpaired) electrons. The number of hydrogen-bond acceptors (Lipinski definition) is 6. The first kappa shape index (κ1) is 22.2. The molecule has 0 aromatic heterocycles. The molecule has 0 N–H and O–H groups in total. The lowest BCUT2D eigenvalue weighted by atomic mass is 10.0. The molecular weight excluding hydrogens is 386 g/mol. The smallest absolute Gasteiger partial charge is 0.339 e. The van der Waals surface area contributed by atoms with Gasteiger partial charge in [0, 0.05) is 37.5 Å². The average molecular weight is 416 g/mol. The van der Waals surface area contributed by atoms with Gasteiger partial charge in [0.2, 0.25) is 10.0 Å². The van der Waals surface area contributed by atoms with Crippen molar-refractivity contribution in [3.8, 4) is 0 Å². The fourth-order valence-corrected chi connectivity index (χ4v) is 5.55. The van der Waals surface area contributed by atoms with Crippen LogP contribution in [-0.2, 0) is 19.5 Å². The third kappa shape index (κ3) is 5.94. The zero-order chi connectivity index (χ0) is 20.0. The van der Waals surface area contributed by atoms with E-state index in [-0.39, 0.29) is 10.8 Å². The fourth-order valence-electron chi connectivity index (χ4n) is 2.98. The van der Waals surface area contributed by atoms with Gasteiger partial charge >= 0.3 is 5.97 Å². The maximum atomic E-state index is 12.8. The van der Waals surface area contributed by atoms with E-state index >= 15 is 0 Å². The number of nitrogens with zero attached hydrogens (tertiary/aromatic N) is 1. The van der Waals surface area contributed by atoms with E-state index in [1.54, 1.807) is 30.9 Å². The van der Waals surface area contributed by atoms with Crippen molar-refractivity contribution in [2.45, 2.75) is 36.5 Å². The summed E-state index contributed by atoms with van der Waals surface area (Å²) in [5.41, 5.74) is 0.300. The minimum Gasteiger partial charge on any atom is -0.465 e. The van der Waals surface area contributed by atoms with E-state index in [0.29, 0.717) is 18.0 Å². The van der Waals surface area contributed by atoms with Crippen LogP contribution in [0.5, 0.6) is 0 Å². The molecule has 1 aliphatic rings. The third-order valence-electron chi connectivity index (χ3n) is 4.50. The summed E-state index contributed by atoms with van der Waals surface area (Å²) in [5, 5.41) is 0. The monoisotopic (exact) mass is 415 g/mol. The number of thioether (sulfide) groups is 1. The van der Waals surface area contributed by atoms with Gasteiger partial charge in [-0.05, 0) is 42.9 Å². The summed E-state index contributed by atoms with van der Waals surface area (Å²) in [7, 11) is -0.787. The van der Waals surface area contributed by atoms with Crippen molar-refractivity contribution in [1.29, 1.82) is 0 Å². The highest BCUT2D eigenvalue weighted by Crippen LogP contribution is 2.31. The second-order valence-electron chi connectivity index (χ2n) is 7.20. The number of benzene rings is 1. The average Bonchev–Trinajstić information content (AvgIpc) is 2.65. The Balaban J connectivity index is 2.25. The van der Waals surface area contributed by atoms with Crippen molar-refractivity contribution in [2.75, 3.05) is 39.7 Å². The number of sulfonamides is 1. The maximum Gasteiger partial charge on any atom is 0.339 e. The van der Waals surface area contributed by atoms with E-state index in [1.807, 2.05) is 13.8 Å². The second-order valence-corrected chi connectivity index (χ2v) is 10.3. The predicted molar refractivity (Wildman–Crippen MR) is 107 cm³/mol. The minimum absolute atomic E-state index is 0.112. The first-order valence-corrected chi connectivity index (χ1v) is 11.6. The Hall–Kier alpha value is -1.09. The van der Waals surface area contributed by atoms with E-state index in [4.69, 9.17) is 9.47 Å². The summed E-state index contributed by atoms with van der Waals surface area (Å²) in [6.45, 7) is 5.88. The summed E-state index contributed by atoms with van der Waals surface area (Å²) in [5.74, 6) is 1.09. The zero-order valence-corrected chi connectivity index (χ0v) is 18.1. The molecule has 1 heterocycles. The summed E-state index contributed by atoms with van der Waals surface area (Å²) in [6, 6.07) is 4.72. The number of methoxy groups -OCH3 is 1. The zero-order valence-electron chi connectivity index (χ0n) is 16.4. The van der Waals surface area contributed by atoms with Crippen LogP contribution in [0.3, 0.4) is 0 Å². The molecule has 1 saturated heterocycles. The molecule has 0 aliphatic carbocycles. The van der Waals surface area contributed by atoms with Crippen molar-refractivity contribution >= 4 is 27.8 Å². The van der Waals surface area contributed by atoms with Crippen molar-refractivity contribution < 1.29 is 22.7 Å². The molecule has 6 nitrogen and oxygen atoms in total. The van der Waals surface area contributed by atoms with E-state index in [9.17, 15) is 13.2 Å². The van der Waals surface area contributed by atoms with Gasteiger partial charge in [-0.2, -0.15) is 0 Å². The first-order chi connectivity index (χ1) is 12.8. The van der Waals surface area contributed by atoms with E-state index in [1.165, 1.54) is 17.5 Å². The number of carbonyl (C=O) groups is 1. The molecule has 152 valence electrons. The molecular formula is C19H29NO5S2. The molecule has 1 aromatic rings. The van der Waals surface area contributed by atoms with E-state index in [0.717, 1.165) is 36.7 Å². The second kappa shape index (κ2) is 9.91. The fraction of sp³-hybridized carbons (Fsp3) is 0.632. The molecule has 0 atom stereocenters.